The Balaban J connectivity index is 2.54. The van der Waals surface area contributed by atoms with Gasteiger partial charge in [-0.15, -0.1) is 0 Å². The lowest BCUT2D eigenvalue weighted by Crippen LogP contribution is -1.92. The van der Waals surface area contributed by atoms with E-state index >= 15 is 0 Å². The minimum Gasteiger partial charge on any atom is -0.495 e. The molecule has 0 heterocycles. The first-order valence-corrected chi connectivity index (χ1v) is 5.70. The van der Waals surface area contributed by atoms with Gasteiger partial charge in [-0.25, -0.2) is 0 Å². The molecule has 0 bridgehead atoms. The van der Waals surface area contributed by atoms with Gasteiger partial charge in [0, 0.05) is 5.69 Å². The van der Waals surface area contributed by atoms with E-state index in [1.54, 1.807) is 7.11 Å². The van der Waals surface area contributed by atoms with Crippen molar-refractivity contribution in [3.05, 3.63) is 47.0 Å². The summed E-state index contributed by atoms with van der Waals surface area (Å²) in [6.07, 6.45) is 0. The topological polar surface area (TPSA) is 35.2 Å². The van der Waals surface area contributed by atoms with Crippen LogP contribution in [0.3, 0.4) is 0 Å². The van der Waals surface area contributed by atoms with Crippen LogP contribution in [0.5, 0.6) is 5.75 Å². The van der Waals surface area contributed by atoms with Gasteiger partial charge in [-0.1, -0.05) is 29.8 Å². The van der Waals surface area contributed by atoms with Crippen LogP contribution in [0.25, 0.3) is 11.1 Å². The maximum absolute atomic E-state index is 6.12. The molecule has 3 heteroatoms. The summed E-state index contributed by atoms with van der Waals surface area (Å²) in [6.45, 7) is 2.00. The van der Waals surface area contributed by atoms with E-state index in [0.29, 0.717) is 10.8 Å². The number of anilines is 1. The first-order chi connectivity index (χ1) is 8.13. The Morgan fingerprint density at radius 3 is 2.59 bits per heavy atom. The number of nitrogens with two attached hydrogens (primary N) is 1. The highest BCUT2D eigenvalue weighted by Gasteiger charge is 2.07. The lowest BCUT2D eigenvalue weighted by molar-refractivity contribution is 0.415. The van der Waals surface area contributed by atoms with E-state index in [2.05, 4.69) is 0 Å². The third-order valence-corrected chi connectivity index (χ3v) is 3.13. The first kappa shape index (κ1) is 11.8. The zero-order valence-electron chi connectivity index (χ0n) is 9.83. The molecule has 0 spiro atoms. The van der Waals surface area contributed by atoms with Crippen molar-refractivity contribution in [3.63, 3.8) is 0 Å². The molecule has 2 nitrogen and oxygen atoms in total. The summed E-state index contributed by atoms with van der Waals surface area (Å²) in [5, 5.41) is 0.604. The van der Waals surface area contributed by atoms with Crippen LogP contribution in [0.1, 0.15) is 5.56 Å². The van der Waals surface area contributed by atoms with Crippen molar-refractivity contribution in [2.24, 2.45) is 0 Å². The molecule has 2 aromatic rings. The fraction of sp³-hybridized carbons (Fsp3) is 0.143. The zero-order valence-corrected chi connectivity index (χ0v) is 10.6. The molecule has 2 rings (SSSR count). The SMILES string of the molecule is COc1ccc(-c2cccc(N)c2C)cc1Cl. The van der Waals surface area contributed by atoms with Crippen LogP contribution in [0, 0.1) is 6.92 Å². The normalized spacial score (nSPS) is 10.3. The maximum Gasteiger partial charge on any atom is 0.137 e. The average Bonchev–Trinajstić information content (AvgIpc) is 2.32. The smallest absolute Gasteiger partial charge is 0.137 e. The monoisotopic (exact) mass is 247 g/mol. The highest BCUT2D eigenvalue weighted by molar-refractivity contribution is 6.32. The Bertz CT molecular complexity index is 552. The van der Waals surface area contributed by atoms with Crippen LogP contribution < -0.4 is 10.5 Å². The molecule has 0 saturated carbocycles. The predicted octanol–water partition coefficient (Wildman–Crippen LogP) is 3.91. The quantitative estimate of drug-likeness (QED) is 0.817. The van der Waals surface area contributed by atoms with Gasteiger partial charge in [0.25, 0.3) is 0 Å². The van der Waals surface area contributed by atoms with Gasteiger partial charge < -0.3 is 10.5 Å². The predicted molar refractivity (Wildman–Crippen MR) is 72.6 cm³/mol. The number of halogens is 1. The van der Waals surface area contributed by atoms with Gasteiger partial charge in [-0.05, 0) is 41.8 Å². The highest BCUT2D eigenvalue weighted by Crippen LogP contribution is 2.32. The summed E-state index contributed by atoms with van der Waals surface area (Å²) in [7, 11) is 1.60. The van der Waals surface area contributed by atoms with Crippen LogP contribution in [-0.2, 0) is 0 Å². The molecule has 0 aliphatic carbocycles. The molecule has 0 saturated heterocycles. The van der Waals surface area contributed by atoms with Gasteiger partial charge >= 0.3 is 0 Å². The molecular formula is C14H14ClNO. The van der Waals surface area contributed by atoms with E-state index in [-0.39, 0.29) is 0 Å². The van der Waals surface area contributed by atoms with E-state index in [0.717, 1.165) is 22.4 Å². The van der Waals surface area contributed by atoms with E-state index in [1.165, 1.54) is 0 Å². The lowest BCUT2D eigenvalue weighted by Gasteiger charge is -2.10. The van der Waals surface area contributed by atoms with Crippen LogP contribution in [0.15, 0.2) is 36.4 Å². The van der Waals surface area contributed by atoms with E-state index in [9.17, 15) is 0 Å². The van der Waals surface area contributed by atoms with Crippen molar-refractivity contribution in [2.45, 2.75) is 6.92 Å². The molecule has 0 unspecified atom stereocenters. The summed E-state index contributed by atoms with van der Waals surface area (Å²) in [5.41, 5.74) is 9.88. The van der Waals surface area contributed by atoms with Crippen LogP contribution in [0.4, 0.5) is 5.69 Å². The lowest BCUT2D eigenvalue weighted by atomic mass is 9.99. The Kier molecular flexibility index (Phi) is 3.25. The van der Waals surface area contributed by atoms with Gasteiger partial charge in [0.15, 0.2) is 0 Å². The summed E-state index contributed by atoms with van der Waals surface area (Å²) < 4.78 is 5.13. The number of rotatable bonds is 2. The second-order valence-corrected chi connectivity index (χ2v) is 4.28. The van der Waals surface area contributed by atoms with Crippen LogP contribution in [0.2, 0.25) is 5.02 Å². The molecule has 17 heavy (non-hydrogen) atoms. The Labute approximate surface area is 106 Å². The second kappa shape index (κ2) is 4.68. The number of benzene rings is 2. The van der Waals surface area contributed by atoms with E-state index < -0.39 is 0 Å². The fourth-order valence-corrected chi connectivity index (χ4v) is 2.06. The van der Waals surface area contributed by atoms with Crippen molar-refractivity contribution < 1.29 is 4.74 Å². The van der Waals surface area contributed by atoms with Gasteiger partial charge in [0.2, 0.25) is 0 Å². The molecule has 0 fully saturated rings. The van der Waals surface area contributed by atoms with Crippen molar-refractivity contribution in [1.29, 1.82) is 0 Å². The van der Waals surface area contributed by atoms with Crippen molar-refractivity contribution in [3.8, 4) is 16.9 Å². The second-order valence-electron chi connectivity index (χ2n) is 3.87. The molecule has 0 atom stereocenters. The molecule has 0 aromatic heterocycles. The van der Waals surface area contributed by atoms with Crippen molar-refractivity contribution >= 4 is 17.3 Å². The largest absolute Gasteiger partial charge is 0.495 e. The summed E-state index contributed by atoms with van der Waals surface area (Å²) in [4.78, 5) is 0. The van der Waals surface area contributed by atoms with Crippen LogP contribution in [-0.4, -0.2) is 7.11 Å². The van der Waals surface area contributed by atoms with Gasteiger partial charge in [-0.3, -0.25) is 0 Å². The van der Waals surface area contributed by atoms with Gasteiger partial charge in [0.05, 0.1) is 12.1 Å². The van der Waals surface area contributed by atoms with Crippen molar-refractivity contribution in [2.75, 3.05) is 12.8 Å². The number of hydrogen-bond donors (Lipinski definition) is 1. The van der Waals surface area contributed by atoms with E-state index in [4.69, 9.17) is 22.1 Å². The molecule has 0 aliphatic heterocycles. The molecular weight excluding hydrogens is 234 g/mol. The molecule has 0 radical (unpaired) electrons. The Morgan fingerprint density at radius 2 is 1.94 bits per heavy atom. The maximum atomic E-state index is 6.12. The number of ether oxygens (including phenoxy) is 1. The molecule has 0 aliphatic rings. The first-order valence-electron chi connectivity index (χ1n) is 5.32. The number of hydrogen-bond acceptors (Lipinski definition) is 2. The Morgan fingerprint density at radius 1 is 1.18 bits per heavy atom. The standard InChI is InChI=1S/C14H14ClNO/c1-9-11(4-3-5-13(9)16)10-6-7-14(17-2)12(15)8-10/h3-8H,16H2,1-2H3. The number of methoxy groups -OCH3 is 1. The molecule has 88 valence electrons. The highest BCUT2D eigenvalue weighted by atomic mass is 35.5. The molecule has 0 amide bonds. The molecule has 2 aromatic carbocycles. The van der Waals surface area contributed by atoms with E-state index in [1.807, 2.05) is 43.3 Å². The minimum absolute atomic E-state index is 0.604. The summed E-state index contributed by atoms with van der Waals surface area (Å²) in [6, 6.07) is 11.6. The molecule has 2 N–H and O–H groups in total. The van der Waals surface area contributed by atoms with Crippen molar-refractivity contribution in [1.82, 2.24) is 0 Å². The average molecular weight is 248 g/mol. The third kappa shape index (κ3) is 2.22. The fourth-order valence-electron chi connectivity index (χ4n) is 1.80. The summed E-state index contributed by atoms with van der Waals surface area (Å²) >= 11 is 6.12. The van der Waals surface area contributed by atoms with Gasteiger partial charge in [-0.2, -0.15) is 0 Å². The van der Waals surface area contributed by atoms with Crippen LogP contribution >= 0.6 is 11.6 Å². The zero-order chi connectivity index (χ0) is 12.4. The van der Waals surface area contributed by atoms with Gasteiger partial charge in [0.1, 0.15) is 5.75 Å². The Hall–Kier alpha value is -1.67. The minimum atomic E-state index is 0.604. The summed E-state index contributed by atoms with van der Waals surface area (Å²) in [5.74, 6) is 0.678. The third-order valence-electron chi connectivity index (χ3n) is 2.84. The number of nitrogen functional groups attached to an aromatic ring is 1.